The molecule has 0 aliphatic heterocycles. The molecule has 0 saturated carbocycles. The first-order chi connectivity index (χ1) is 6.29. The van der Waals surface area contributed by atoms with Crippen molar-refractivity contribution in [1.29, 1.82) is 0 Å². The fourth-order valence-electron chi connectivity index (χ4n) is 1.41. The molecule has 0 bridgehead atoms. The number of benzene rings is 2. The molecule has 2 N–H and O–H groups in total. The number of hydrogen-bond donors (Lipinski definition) is 1. The smallest absolute Gasteiger partial charge is 0.0320 e. The predicted octanol–water partition coefficient (Wildman–Crippen LogP) is 3.07. The average molecular weight is 169 g/mol. The second-order valence-corrected chi connectivity index (χ2v) is 3.07. The highest BCUT2D eigenvalue weighted by molar-refractivity contribution is 5.87. The minimum Gasteiger partial charge on any atom is -0.399 e. The molecular formula is C12H11N. The van der Waals surface area contributed by atoms with Crippen molar-refractivity contribution in [3.63, 3.8) is 0 Å². The number of fused-ring (bicyclic) bond motifs is 1. The SMILES string of the molecule is C=Cc1ccc2cc(N)ccc2c1. The molecule has 0 aliphatic carbocycles. The Labute approximate surface area is 77.5 Å². The van der Waals surface area contributed by atoms with Crippen LogP contribution in [0.25, 0.3) is 16.8 Å². The Kier molecular flexibility index (Phi) is 1.78. The molecule has 13 heavy (non-hydrogen) atoms. The number of rotatable bonds is 1. The summed E-state index contributed by atoms with van der Waals surface area (Å²) in [5, 5.41) is 2.37. The van der Waals surface area contributed by atoms with Crippen molar-refractivity contribution in [2.45, 2.75) is 0 Å². The summed E-state index contributed by atoms with van der Waals surface area (Å²) in [6, 6.07) is 12.1. The maximum Gasteiger partial charge on any atom is 0.0320 e. The van der Waals surface area contributed by atoms with Gasteiger partial charge < -0.3 is 5.73 Å². The fraction of sp³-hybridized carbons (Fsp3) is 0. The van der Waals surface area contributed by atoms with Crippen LogP contribution in [0.15, 0.2) is 43.0 Å². The van der Waals surface area contributed by atoms with Gasteiger partial charge in [-0.15, -0.1) is 0 Å². The molecule has 1 heteroatoms. The van der Waals surface area contributed by atoms with E-state index in [1.807, 2.05) is 30.3 Å². The fourth-order valence-corrected chi connectivity index (χ4v) is 1.41. The average Bonchev–Trinajstić information content (AvgIpc) is 2.17. The Hall–Kier alpha value is -1.76. The van der Waals surface area contributed by atoms with Crippen LogP contribution in [-0.2, 0) is 0 Å². The zero-order valence-electron chi connectivity index (χ0n) is 7.33. The molecule has 64 valence electrons. The van der Waals surface area contributed by atoms with E-state index < -0.39 is 0 Å². The maximum absolute atomic E-state index is 5.67. The van der Waals surface area contributed by atoms with Gasteiger partial charge in [-0.2, -0.15) is 0 Å². The van der Waals surface area contributed by atoms with Gasteiger partial charge in [0.15, 0.2) is 0 Å². The van der Waals surface area contributed by atoms with Gasteiger partial charge in [-0.05, 0) is 34.5 Å². The molecule has 2 rings (SSSR count). The number of nitrogens with two attached hydrogens (primary N) is 1. The Morgan fingerprint density at radius 3 is 2.46 bits per heavy atom. The topological polar surface area (TPSA) is 26.0 Å². The second-order valence-electron chi connectivity index (χ2n) is 3.07. The quantitative estimate of drug-likeness (QED) is 0.652. The highest BCUT2D eigenvalue weighted by Gasteiger charge is 1.93. The molecule has 2 aromatic carbocycles. The third kappa shape index (κ3) is 1.41. The lowest BCUT2D eigenvalue weighted by Crippen LogP contribution is -1.83. The molecule has 0 aliphatic rings. The van der Waals surface area contributed by atoms with Crippen molar-refractivity contribution < 1.29 is 0 Å². The monoisotopic (exact) mass is 169 g/mol. The molecule has 0 radical (unpaired) electrons. The third-order valence-corrected chi connectivity index (χ3v) is 2.12. The summed E-state index contributed by atoms with van der Waals surface area (Å²) in [7, 11) is 0. The molecule has 0 saturated heterocycles. The normalized spacial score (nSPS) is 10.2. The van der Waals surface area contributed by atoms with E-state index in [1.165, 1.54) is 10.8 Å². The highest BCUT2D eigenvalue weighted by Crippen LogP contribution is 2.19. The molecule has 0 spiro atoms. The summed E-state index contributed by atoms with van der Waals surface area (Å²) >= 11 is 0. The van der Waals surface area contributed by atoms with Gasteiger partial charge in [0.25, 0.3) is 0 Å². The van der Waals surface area contributed by atoms with Crippen LogP contribution in [0, 0.1) is 0 Å². The summed E-state index contributed by atoms with van der Waals surface area (Å²) in [4.78, 5) is 0. The van der Waals surface area contributed by atoms with Crippen LogP contribution in [0.3, 0.4) is 0 Å². The molecular weight excluding hydrogens is 158 g/mol. The van der Waals surface area contributed by atoms with Crippen LogP contribution >= 0.6 is 0 Å². The van der Waals surface area contributed by atoms with Gasteiger partial charge in [-0.25, -0.2) is 0 Å². The van der Waals surface area contributed by atoms with Gasteiger partial charge in [-0.1, -0.05) is 30.9 Å². The Balaban J connectivity index is 2.73. The number of anilines is 1. The van der Waals surface area contributed by atoms with E-state index in [-0.39, 0.29) is 0 Å². The summed E-state index contributed by atoms with van der Waals surface area (Å²) in [6.45, 7) is 3.73. The third-order valence-electron chi connectivity index (χ3n) is 2.12. The lowest BCUT2D eigenvalue weighted by molar-refractivity contribution is 1.70. The van der Waals surface area contributed by atoms with Gasteiger partial charge >= 0.3 is 0 Å². The summed E-state index contributed by atoms with van der Waals surface area (Å²) in [5.74, 6) is 0. The van der Waals surface area contributed by atoms with Gasteiger partial charge in [0, 0.05) is 5.69 Å². The summed E-state index contributed by atoms with van der Waals surface area (Å²) in [5.41, 5.74) is 7.62. The molecule has 0 aromatic heterocycles. The van der Waals surface area contributed by atoms with Crippen LogP contribution in [0.5, 0.6) is 0 Å². The van der Waals surface area contributed by atoms with E-state index in [2.05, 4.69) is 18.7 Å². The predicted molar refractivity (Wildman–Crippen MR) is 58.5 cm³/mol. The second kappa shape index (κ2) is 2.94. The minimum absolute atomic E-state index is 0.804. The Bertz CT molecular complexity index is 458. The molecule has 1 nitrogen and oxygen atoms in total. The standard InChI is InChI=1S/C12H11N/c1-2-9-3-4-11-8-12(13)6-5-10(11)7-9/h2-8H,1,13H2. The zero-order chi connectivity index (χ0) is 9.26. The van der Waals surface area contributed by atoms with E-state index in [0.29, 0.717) is 0 Å². The molecule has 0 atom stereocenters. The van der Waals surface area contributed by atoms with Crippen LogP contribution < -0.4 is 5.73 Å². The van der Waals surface area contributed by atoms with Crippen molar-refractivity contribution in [1.82, 2.24) is 0 Å². The van der Waals surface area contributed by atoms with E-state index in [9.17, 15) is 0 Å². The van der Waals surface area contributed by atoms with Gasteiger partial charge in [0.05, 0.1) is 0 Å². The molecule has 0 fully saturated rings. The first-order valence-electron chi connectivity index (χ1n) is 4.21. The van der Waals surface area contributed by atoms with Crippen LogP contribution in [0.2, 0.25) is 0 Å². The van der Waals surface area contributed by atoms with Gasteiger partial charge in [-0.3, -0.25) is 0 Å². The van der Waals surface area contributed by atoms with Gasteiger partial charge in [0.1, 0.15) is 0 Å². The molecule has 0 amide bonds. The largest absolute Gasteiger partial charge is 0.399 e. The maximum atomic E-state index is 5.67. The Morgan fingerprint density at radius 2 is 1.69 bits per heavy atom. The van der Waals surface area contributed by atoms with E-state index >= 15 is 0 Å². The van der Waals surface area contributed by atoms with Crippen molar-refractivity contribution in [2.75, 3.05) is 5.73 Å². The van der Waals surface area contributed by atoms with E-state index in [0.717, 1.165) is 11.3 Å². The number of nitrogen functional groups attached to an aromatic ring is 1. The zero-order valence-corrected chi connectivity index (χ0v) is 7.33. The highest BCUT2D eigenvalue weighted by atomic mass is 14.5. The molecule has 0 heterocycles. The Morgan fingerprint density at radius 1 is 1.00 bits per heavy atom. The first kappa shape index (κ1) is 7.87. The molecule has 0 unspecified atom stereocenters. The lowest BCUT2D eigenvalue weighted by Gasteiger charge is -2.00. The van der Waals surface area contributed by atoms with Crippen molar-refractivity contribution in [2.24, 2.45) is 0 Å². The van der Waals surface area contributed by atoms with Crippen molar-refractivity contribution >= 4 is 22.5 Å². The molecule has 2 aromatic rings. The van der Waals surface area contributed by atoms with Crippen LogP contribution in [0.1, 0.15) is 5.56 Å². The summed E-state index contributed by atoms with van der Waals surface area (Å²) in [6.07, 6.45) is 1.84. The lowest BCUT2D eigenvalue weighted by atomic mass is 10.1. The minimum atomic E-state index is 0.804. The summed E-state index contributed by atoms with van der Waals surface area (Å²) < 4.78 is 0. The van der Waals surface area contributed by atoms with Crippen molar-refractivity contribution in [3.8, 4) is 0 Å². The van der Waals surface area contributed by atoms with Crippen LogP contribution in [-0.4, -0.2) is 0 Å². The van der Waals surface area contributed by atoms with E-state index in [1.54, 1.807) is 0 Å². The van der Waals surface area contributed by atoms with Gasteiger partial charge in [0.2, 0.25) is 0 Å². The van der Waals surface area contributed by atoms with Crippen molar-refractivity contribution in [3.05, 3.63) is 48.5 Å². The first-order valence-corrected chi connectivity index (χ1v) is 4.21. The van der Waals surface area contributed by atoms with E-state index in [4.69, 9.17) is 5.73 Å². The van der Waals surface area contributed by atoms with Crippen LogP contribution in [0.4, 0.5) is 5.69 Å². The number of hydrogen-bond acceptors (Lipinski definition) is 1.